The molecule has 2 rings (SSSR count). The van der Waals surface area contributed by atoms with Crippen molar-refractivity contribution >= 4 is 21.6 Å². The van der Waals surface area contributed by atoms with Gasteiger partial charge in [-0.05, 0) is 11.6 Å². The van der Waals surface area contributed by atoms with Crippen molar-refractivity contribution < 1.29 is 5.11 Å². The number of aromatic nitrogens is 1. The predicted molar refractivity (Wildman–Crippen MR) is 53.0 cm³/mol. The van der Waals surface area contributed by atoms with Gasteiger partial charge in [0, 0.05) is 18.1 Å². The van der Waals surface area contributed by atoms with Crippen molar-refractivity contribution in [1.82, 2.24) is 4.98 Å². The number of hydrogen-bond acceptors (Lipinski definition) is 4. The lowest BCUT2D eigenvalue weighted by atomic mass is 10.1. The molecule has 64 valence electrons. The molecule has 2 heterocycles. The van der Waals surface area contributed by atoms with Gasteiger partial charge in [-0.3, -0.25) is 4.98 Å². The van der Waals surface area contributed by atoms with E-state index < -0.39 is 0 Å². The highest BCUT2D eigenvalue weighted by atomic mass is 33.1. The first-order valence-electron chi connectivity index (χ1n) is 3.74. The highest BCUT2D eigenvalue weighted by Gasteiger charge is 2.28. The van der Waals surface area contributed by atoms with Crippen LogP contribution in [0.2, 0.25) is 0 Å². The Labute approximate surface area is 79.2 Å². The van der Waals surface area contributed by atoms with Gasteiger partial charge in [0.2, 0.25) is 0 Å². The number of nitrogens with zero attached hydrogens (tertiary/aromatic N) is 1. The summed E-state index contributed by atoms with van der Waals surface area (Å²) in [4.78, 5) is 4.03. The van der Waals surface area contributed by atoms with Crippen LogP contribution in [-0.2, 0) is 0 Å². The smallest absolute Gasteiger partial charge is 0.0807 e. The van der Waals surface area contributed by atoms with Crippen LogP contribution >= 0.6 is 21.6 Å². The zero-order valence-electron chi connectivity index (χ0n) is 6.38. The van der Waals surface area contributed by atoms with E-state index >= 15 is 0 Å². The molecule has 12 heavy (non-hydrogen) atoms. The van der Waals surface area contributed by atoms with Gasteiger partial charge < -0.3 is 5.11 Å². The second kappa shape index (κ2) is 3.68. The SMILES string of the molecule is OC1CSSC1c1cccnc1. The third kappa shape index (κ3) is 1.60. The van der Waals surface area contributed by atoms with E-state index in [1.165, 1.54) is 0 Å². The summed E-state index contributed by atoms with van der Waals surface area (Å²) in [5.41, 5.74) is 1.13. The van der Waals surface area contributed by atoms with Crippen molar-refractivity contribution in [1.29, 1.82) is 0 Å². The maximum absolute atomic E-state index is 9.57. The van der Waals surface area contributed by atoms with Gasteiger partial charge in [-0.25, -0.2) is 0 Å². The van der Waals surface area contributed by atoms with Gasteiger partial charge in [0.05, 0.1) is 11.4 Å². The Morgan fingerprint density at radius 2 is 2.50 bits per heavy atom. The first-order chi connectivity index (χ1) is 5.88. The molecule has 1 aromatic rings. The topological polar surface area (TPSA) is 33.1 Å². The molecular formula is C8H9NOS2. The summed E-state index contributed by atoms with van der Waals surface area (Å²) < 4.78 is 0. The van der Waals surface area contributed by atoms with Crippen LogP contribution in [0, 0.1) is 0 Å². The normalized spacial score (nSPS) is 29.1. The molecule has 1 saturated heterocycles. The Kier molecular flexibility index (Phi) is 2.58. The van der Waals surface area contributed by atoms with Crippen molar-refractivity contribution in [2.45, 2.75) is 11.4 Å². The third-order valence-corrected chi connectivity index (χ3v) is 4.62. The Balaban J connectivity index is 2.19. The van der Waals surface area contributed by atoms with Crippen molar-refractivity contribution in [2.75, 3.05) is 5.75 Å². The van der Waals surface area contributed by atoms with Gasteiger partial charge in [0.15, 0.2) is 0 Å². The zero-order chi connectivity index (χ0) is 8.39. The number of rotatable bonds is 1. The quantitative estimate of drug-likeness (QED) is 0.700. The van der Waals surface area contributed by atoms with Gasteiger partial charge in [0.25, 0.3) is 0 Å². The fraction of sp³-hybridized carbons (Fsp3) is 0.375. The average molecular weight is 199 g/mol. The van der Waals surface area contributed by atoms with Crippen LogP contribution in [-0.4, -0.2) is 21.9 Å². The molecule has 0 aliphatic carbocycles. The van der Waals surface area contributed by atoms with E-state index in [0.717, 1.165) is 11.3 Å². The summed E-state index contributed by atoms with van der Waals surface area (Å²) in [6.07, 6.45) is 3.36. The Hall–Kier alpha value is -0.190. The molecule has 2 atom stereocenters. The van der Waals surface area contributed by atoms with E-state index in [9.17, 15) is 5.11 Å². The Morgan fingerprint density at radius 1 is 1.58 bits per heavy atom. The zero-order valence-corrected chi connectivity index (χ0v) is 8.02. The maximum atomic E-state index is 9.57. The average Bonchev–Trinajstić information content (AvgIpc) is 2.53. The highest BCUT2D eigenvalue weighted by Crippen LogP contribution is 2.47. The minimum atomic E-state index is -0.218. The van der Waals surface area contributed by atoms with Crippen LogP contribution < -0.4 is 0 Å². The van der Waals surface area contributed by atoms with Crippen molar-refractivity contribution in [3.05, 3.63) is 30.1 Å². The second-order valence-electron chi connectivity index (χ2n) is 2.66. The molecule has 0 saturated carbocycles. The molecule has 0 bridgehead atoms. The monoisotopic (exact) mass is 199 g/mol. The lowest BCUT2D eigenvalue weighted by molar-refractivity contribution is 0.199. The van der Waals surface area contributed by atoms with Crippen LogP contribution in [0.3, 0.4) is 0 Å². The van der Waals surface area contributed by atoms with Crippen molar-refractivity contribution in [3.8, 4) is 0 Å². The van der Waals surface area contributed by atoms with Gasteiger partial charge in [-0.15, -0.1) is 0 Å². The fourth-order valence-corrected chi connectivity index (χ4v) is 4.12. The van der Waals surface area contributed by atoms with Crippen LogP contribution in [0.4, 0.5) is 0 Å². The first-order valence-corrected chi connectivity index (χ1v) is 6.12. The number of aliphatic hydroxyl groups excluding tert-OH is 1. The second-order valence-corrected chi connectivity index (χ2v) is 5.21. The van der Waals surface area contributed by atoms with Gasteiger partial charge in [-0.2, -0.15) is 0 Å². The molecule has 1 aliphatic heterocycles. The largest absolute Gasteiger partial charge is 0.391 e. The summed E-state index contributed by atoms with van der Waals surface area (Å²) in [6, 6.07) is 3.92. The molecular weight excluding hydrogens is 190 g/mol. The van der Waals surface area contributed by atoms with Crippen molar-refractivity contribution in [2.24, 2.45) is 0 Å². The molecule has 0 amide bonds. The maximum Gasteiger partial charge on any atom is 0.0807 e. The van der Waals surface area contributed by atoms with E-state index in [1.54, 1.807) is 27.8 Å². The predicted octanol–water partition coefficient (Wildman–Crippen LogP) is 1.88. The van der Waals surface area contributed by atoms with Crippen LogP contribution in [0.25, 0.3) is 0 Å². The molecule has 0 aromatic carbocycles. The summed E-state index contributed by atoms with van der Waals surface area (Å²) in [5.74, 6) is 0.824. The van der Waals surface area contributed by atoms with Crippen LogP contribution in [0.5, 0.6) is 0 Å². The summed E-state index contributed by atoms with van der Waals surface area (Å²) >= 11 is 0. The standard InChI is InChI=1S/C8H9NOS2/c10-7-5-11-12-8(7)6-2-1-3-9-4-6/h1-4,7-8,10H,5H2. The molecule has 2 nitrogen and oxygen atoms in total. The lowest BCUT2D eigenvalue weighted by Gasteiger charge is -2.11. The molecule has 0 spiro atoms. The summed E-state index contributed by atoms with van der Waals surface area (Å²) in [7, 11) is 3.45. The van der Waals surface area contributed by atoms with E-state index in [0.29, 0.717) is 0 Å². The van der Waals surface area contributed by atoms with E-state index in [4.69, 9.17) is 0 Å². The summed E-state index contributed by atoms with van der Waals surface area (Å²) in [5, 5.41) is 9.78. The number of hydrogen-bond donors (Lipinski definition) is 1. The Morgan fingerprint density at radius 3 is 3.08 bits per heavy atom. The van der Waals surface area contributed by atoms with Gasteiger partial charge >= 0.3 is 0 Å². The van der Waals surface area contributed by atoms with E-state index in [2.05, 4.69) is 4.98 Å². The minimum Gasteiger partial charge on any atom is -0.391 e. The molecule has 4 heteroatoms. The summed E-state index contributed by atoms with van der Waals surface area (Å²) in [6.45, 7) is 0. The number of aliphatic hydroxyl groups is 1. The van der Waals surface area contributed by atoms with Gasteiger partial charge in [0.1, 0.15) is 0 Å². The fourth-order valence-electron chi connectivity index (χ4n) is 1.16. The first kappa shape index (κ1) is 8.41. The van der Waals surface area contributed by atoms with E-state index in [-0.39, 0.29) is 11.4 Å². The number of pyridine rings is 1. The molecule has 1 aromatic heterocycles. The molecule has 1 fully saturated rings. The molecule has 2 unspecified atom stereocenters. The lowest BCUT2D eigenvalue weighted by Crippen LogP contribution is -2.12. The molecule has 0 radical (unpaired) electrons. The minimum absolute atomic E-state index is 0.212. The Bertz CT molecular complexity index is 254. The van der Waals surface area contributed by atoms with E-state index in [1.807, 2.05) is 18.3 Å². The van der Waals surface area contributed by atoms with Crippen LogP contribution in [0.1, 0.15) is 10.8 Å². The third-order valence-electron chi connectivity index (χ3n) is 1.77. The highest BCUT2D eigenvalue weighted by molar-refractivity contribution is 8.77. The molecule has 1 N–H and O–H groups in total. The van der Waals surface area contributed by atoms with Crippen molar-refractivity contribution in [3.63, 3.8) is 0 Å². The van der Waals surface area contributed by atoms with Crippen LogP contribution in [0.15, 0.2) is 24.5 Å². The molecule has 1 aliphatic rings. The van der Waals surface area contributed by atoms with Gasteiger partial charge in [-0.1, -0.05) is 27.7 Å².